The van der Waals surface area contributed by atoms with E-state index in [4.69, 9.17) is 10.2 Å². The molecule has 22 heavy (non-hydrogen) atoms. The van der Waals surface area contributed by atoms with Gasteiger partial charge >= 0.3 is 0 Å². The van der Waals surface area contributed by atoms with Crippen LogP contribution in [0, 0.1) is 0 Å². The summed E-state index contributed by atoms with van der Waals surface area (Å²) in [4.78, 5) is 26.5. The van der Waals surface area contributed by atoms with Crippen molar-refractivity contribution < 1.29 is 9.21 Å². The van der Waals surface area contributed by atoms with Crippen molar-refractivity contribution in [2.24, 2.45) is 0 Å². The van der Waals surface area contributed by atoms with Crippen molar-refractivity contribution in [2.45, 2.75) is 25.8 Å². The minimum absolute atomic E-state index is 0.0440. The fourth-order valence-electron chi connectivity index (χ4n) is 2.65. The highest BCUT2D eigenvalue weighted by Gasteiger charge is 2.26. The highest BCUT2D eigenvalue weighted by Crippen LogP contribution is 2.20. The standard InChI is InChI=1S/C15H18N4O3/c1-10(14(20)18-6-2-3-7-18)19-15(21)11(16)9-12(17-19)13-5-4-8-22-13/h4-5,8-10H,2-3,6-7,16H2,1H3/t10-/m0/s1. The van der Waals surface area contributed by atoms with E-state index in [1.807, 2.05) is 0 Å². The zero-order valence-corrected chi connectivity index (χ0v) is 12.4. The molecule has 116 valence electrons. The van der Waals surface area contributed by atoms with Gasteiger partial charge in [0.15, 0.2) is 5.76 Å². The molecule has 0 radical (unpaired) electrons. The van der Waals surface area contributed by atoms with Crippen LogP contribution in [0.1, 0.15) is 25.8 Å². The van der Waals surface area contributed by atoms with Gasteiger partial charge in [-0.1, -0.05) is 0 Å². The number of anilines is 1. The average Bonchev–Trinajstić information content (AvgIpc) is 3.21. The van der Waals surface area contributed by atoms with Crippen molar-refractivity contribution in [3.05, 3.63) is 34.8 Å². The molecule has 0 unspecified atom stereocenters. The van der Waals surface area contributed by atoms with Crippen molar-refractivity contribution >= 4 is 11.6 Å². The van der Waals surface area contributed by atoms with Crippen LogP contribution in [0.25, 0.3) is 11.5 Å². The normalized spacial score (nSPS) is 16.0. The third-order valence-electron chi connectivity index (χ3n) is 3.88. The van der Waals surface area contributed by atoms with E-state index in [1.54, 1.807) is 24.0 Å². The van der Waals surface area contributed by atoms with E-state index in [-0.39, 0.29) is 11.6 Å². The summed E-state index contributed by atoms with van der Waals surface area (Å²) in [5.74, 6) is 0.393. The molecular formula is C15H18N4O3. The number of nitrogens with zero attached hydrogens (tertiary/aromatic N) is 3. The van der Waals surface area contributed by atoms with Crippen molar-refractivity contribution in [2.75, 3.05) is 18.8 Å². The summed E-state index contributed by atoms with van der Waals surface area (Å²) in [6.07, 6.45) is 3.51. The van der Waals surface area contributed by atoms with Crippen LogP contribution in [0.2, 0.25) is 0 Å². The van der Waals surface area contributed by atoms with Gasteiger partial charge in [-0.15, -0.1) is 0 Å². The number of hydrogen-bond donors (Lipinski definition) is 1. The van der Waals surface area contributed by atoms with Gasteiger partial charge in [0.1, 0.15) is 17.4 Å². The third-order valence-corrected chi connectivity index (χ3v) is 3.88. The molecule has 0 aromatic carbocycles. The maximum Gasteiger partial charge on any atom is 0.290 e. The fourth-order valence-corrected chi connectivity index (χ4v) is 2.65. The first-order valence-corrected chi connectivity index (χ1v) is 7.30. The molecule has 1 fully saturated rings. The summed E-state index contributed by atoms with van der Waals surface area (Å²) < 4.78 is 6.43. The number of likely N-dealkylation sites (tertiary alicyclic amines) is 1. The van der Waals surface area contributed by atoms with E-state index in [9.17, 15) is 9.59 Å². The Morgan fingerprint density at radius 3 is 2.77 bits per heavy atom. The van der Waals surface area contributed by atoms with E-state index in [0.29, 0.717) is 11.5 Å². The van der Waals surface area contributed by atoms with Gasteiger partial charge in [-0.05, 0) is 38.0 Å². The van der Waals surface area contributed by atoms with Crippen LogP contribution in [0.3, 0.4) is 0 Å². The van der Waals surface area contributed by atoms with Crippen molar-refractivity contribution in [3.63, 3.8) is 0 Å². The number of furan rings is 1. The lowest BCUT2D eigenvalue weighted by molar-refractivity contribution is -0.133. The largest absolute Gasteiger partial charge is 0.463 e. The van der Waals surface area contributed by atoms with Gasteiger partial charge in [0, 0.05) is 13.1 Å². The Hall–Kier alpha value is -2.57. The molecular weight excluding hydrogens is 284 g/mol. The summed E-state index contributed by atoms with van der Waals surface area (Å²) in [5.41, 5.74) is 5.79. The first-order chi connectivity index (χ1) is 10.6. The molecule has 2 N–H and O–H groups in total. The van der Waals surface area contributed by atoms with Crippen LogP contribution in [-0.2, 0) is 4.79 Å². The molecule has 0 saturated carbocycles. The van der Waals surface area contributed by atoms with Gasteiger partial charge < -0.3 is 15.1 Å². The number of rotatable bonds is 3. The average molecular weight is 302 g/mol. The van der Waals surface area contributed by atoms with E-state index >= 15 is 0 Å². The predicted molar refractivity (Wildman–Crippen MR) is 81.1 cm³/mol. The molecule has 1 amide bonds. The van der Waals surface area contributed by atoms with Crippen molar-refractivity contribution in [1.82, 2.24) is 14.7 Å². The lowest BCUT2D eigenvalue weighted by Crippen LogP contribution is -2.39. The Morgan fingerprint density at radius 2 is 2.14 bits per heavy atom. The van der Waals surface area contributed by atoms with Crippen LogP contribution in [0.5, 0.6) is 0 Å². The molecule has 0 spiro atoms. The van der Waals surface area contributed by atoms with E-state index in [2.05, 4.69) is 5.10 Å². The molecule has 7 nitrogen and oxygen atoms in total. The second-order valence-corrected chi connectivity index (χ2v) is 5.42. The molecule has 3 rings (SSSR count). The molecule has 3 heterocycles. The summed E-state index contributed by atoms with van der Waals surface area (Å²) in [6.45, 7) is 3.12. The number of amides is 1. The zero-order valence-electron chi connectivity index (χ0n) is 12.4. The maximum atomic E-state index is 12.5. The third kappa shape index (κ3) is 2.49. The fraction of sp³-hybridized carbons (Fsp3) is 0.400. The number of nitrogens with two attached hydrogens (primary N) is 1. The van der Waals surface area contributed by atoms with Gasteiger partial charge in [0.25, 0.3) is 5.56 Å². The highest BCUT2D eigenvalue weighted by molar-refractivity contribution is 5.80. The molecule has 0 bridgehead atoms. The second-order valence-electron chi connectivity index (χ2n) is 5.42. The van der Waals surface area contributed by atoms with Gasteiger partial charge in [-0.2, -0.15) is 5.10 Å². The molecule has 1 aliphatic heterocycles. The first kappa shape index (κ1) is 14.4. The highest BCUT2D eigenvalue weighted by atomic mass is 16.3. The molecule has 2 aromatic heterocycles. The summed E-state index contributed by atoms with van der Waals surface area (Å²) >= 11 is 0. The lowest BCUT2D eigenvalue weighted by Gasteiger charge is -2.21. The molecule has 0 aliphatic carbocycles. The Morgan fingerprint density at radius 1 is 1.41 bits per heavy atom. The number of carbonyl (C=O) groups excluding carboxylic acids is 1. The molecule has 1 aliphatic rings. The Kier molecular flexibility index (Phi) is 3.70. The quantitative estimate of drug-likeness (QED) is 0.921. The number of hydrogen-bond acceptors (Lipinski definition) is 5. The smallest absolute Gasteiger partial charge is 0.290 e. The maximum absolute atomic E-state index is 12.5. The topological polar surface area (TPSA) is 94.4 Å². The van der Waals surface area contributed by atoms with E-state index in [1.165, 1.54) is 12.3 Å². The van der Waals surface area contributed by atoms with Crippen LogP contribution in [-0.4, -0.2) is 33.7 Å². The number of nitrogen functional groups attached to an aromatic ring is 1. The van der Waals surface area contributed by atoms with Gasteiger partial charge in [0.2, 0.25) is 5.91 Å². The molecule has 2 aromatic rings. The van der Waals surface area contributed by atoms with Crippen molar-refractivity contribution in [3.8, 4) is 11.5 Å². The van der Waals surface area contributed by atoms with E-state index in [0.717, 1.165) is 30.6 Å². The number of carbonyl (C=O) groups is 1. The first-order valence-electron chi connectivity index (χ1n) is 7.30. The number of aromatic nitrogens is 2. The van der Waals surface area contributed by atoms with Gasteiger partial charge in [-0.3, -0.25) is 9.59 Å². The second kappa shape index (κ2) is 5.67. The zero-order chi connectivity index (χ0) is 15.7. The summed E-state index contributed by atoms with van der Waals surface area (Å²) in [6, 6.07) is 4.22. The summed E-state index contributed by atoms with van der Waals surface area (Å²) in [5, 5.41) is 4.25. The Labute approximate surface area is 127 Å². The van der Waals surface area contributed by atoms with Gasteiger partial charge in [0.05, 0.1) is 6.26 Å². The van der Waals surface area contributed by atoms with Gasteiger partial charge in [-0.25, -0.2) is 4.68 Å². The lowest BCUT2D eigenvalue weighted by atomic mass is 10.2. The minimum atomic E-state index is -0.692. The predicted octanol–water partition coefficient (Wildman–Crippen LogP) is 1.27. The van der Waals surface area contributed by atoms with E-state index < -0.39 is 11.6 Å². The van der Waals surface area contributed by atoms with Crippen LogP contribution >= 0.6 is 0 Å². The molecule has 7 heteroatoms. The van der Waals surface area contributed by atoms with Crippen molar-refractivity contribution in [1.29, 1.82) is 0 Å². The minimum Gasteiger partial charge on any atom is -0.463 e. The Balaban J connectivity index is 1.98. The van der Waals surface area contributed by atoms with Crippen LogP contribution < -0.4 is 11.3 Å². The van der Waals surface area contributed by atoms with Crippen LogP contribution in [0.4, 0.5) is 5.69 Å². The SMILES string of the molecule is C[C@@H](C(=O)N1CCCC1)n1nc(-c2ccco2)cc(N)c1=O. The molecule has 1 atom stereocenters. The van der Waals surface area contributed by atoms with Crippen LogP contribution in [0.15, 0.2) is 33.7 Å². The monoisotopic (exact) mass is 302 g/mol. The summed E-state index contributed by atoms with van der Waals surface area (Å²) in [7, 11) is 0. The molecule has 1 saturated heterocycles. The Bertz CT molecular complexity index is 730.